The van der Waals surface area contributed by atoms with Crippen molar-refractivity contribution >= 4 is 5.97 Å². The summed E-state index contributed by atoms with van der Waals surface area (Å²) in [6, 6.07) is 0. The molecule has 0 amide bonds. The van der Waals surface area contributed by atoms with Gasteiger partial charge in [0.25, 0.3) is 0 Å². The second-order valence-corrected chi connectivity index (χ2v) is 5.44. The largest absolute Gasteiger partial charge is 0.465 e. The lowest BCUT2D eigenvalue weighted by molar-refractivity contribution is -0.157. The van der Waals surface area contributed by atoms with Crippen LogP contribution in [0, 0.1) is 5.41 Å². The second-order valence-electron chi connectivity index (χ2n) is 5.44. The maximum atomic E-state index is 11.9. The molecule has 0 fully saturated rings. The van der Waals surface area contributed by atoms with Crippen LogP contribution in [0.4, 0.5) is 0 Å². The molecule has 18 heavy (non-hydrogen) atoms. The SMILES string of the molecule is COCCOCCCOC(=O)C(C)(C)C(C)(C)N. The zero-order chi connectivity index (χ0) is 14.2. The molecule has 0 radical (unpaired) electrons. The van der Waals surface area contributed by atoms with Gasteiger partial charge in [-0.05, 0) is 27.7 Å². The number of rotatable bonds is 9. The highest BCUT2D eigenvalue weighted by Crippen LogP contribution is 2.29. The van der Waals surface area contributed by atoms with Crippen LogP contribution in [0.15, 0.2) is 0 Å². The molecule has 0 unspecified atom stereocenters. The van der Waals surface area contributed by atoms with Gasteiger partial charge < -0.3 is 19.9 Å². The lowest BCUT2D eigenvalue weighted by atomic mass is 9.75. The minimum Gasteiger partial charge on any atom is -0.465 e. The number of carbonyl (C=O) groups is 1. The molecule has 5 heteroatoms. The van der Waals surface area contributed by atoms with Crippen LogP contribution in [0.5, 0.6) is 0 Å². The summed E-state index contributed by atoms with van der Waals surface area (Å²) in [5.41, 5.74) is 4.64. The molecular weight excluding hydrogens is 234 g/mol. The van der Waals surface area contributed by atoms with Crippen molar-refractivity contribution in [3.8, 4) is 0 Å². The molecule has 0 aliphatic carbocycles. The minimum atomic E-state index is -0.704. The highest BCUT2D eigenvalue weighted by atomic mass is 16.5. The summed E-state index contributed by atoms with van der Waals surface area (Å²) in [4.78, 5) is 11.9. The van der Waals surface area contributed by atoms with Crippen molar-refractivity contribution in [1.82, 2.24) is 0 Å². The smallest absolute Gasteiger partial charge is 0.313 e. The van der Waals surface area contributed by atoms with Crippen LogP contribution in [-0.2, 0) is 19.0 Å². The van der Waals surface area contributed by atoms with E-state index in [1.165, 1.54) is 0 Å². The molecule has 0 aromatic carbocycles. The summed E-state index contributed by atoms with van der Waals surface area (Å²) in [6.07, 6.45) is 0.677. The summed E-state index contributed by atoms with van der Waals surface area (Å²) >= 11 is 0. The summed E-state index contributed by atoms with van der Waals surface area (Å²) in [6.45, 7) is 9.29. The van der Waals surface area contributed by atoms with E-state index in [-0.39, 0.29) is 5.97 Å². The number of ether oxygens (including phenoxy) is 3. The summed E-state index contributed by atoms with van der Waals surface area (Å²) in [5, 5.41) is 0. The Kier molecular flexibility index (Phi) is 7.43. The van der Waals surface area contributed by atoms with Crippen molar-refractivity contribution in [2.45, 2.75) is 39.7 Å². The van der Waals surface area contributed by atoms with Crippen LogP contribution in [-0.4, -0.2) is 45.0 Å². The van der Waals surface area contributed by atoms with Crippen molar-refractivity contribution in [2.24, 2.45) is 11.1 Å². The van der Waals surface area contributed by atoms with Crippen LogP contribution in [0.1, 0.15) is 34.1 Å². The van der Waals surface area contributed by atoms with E-state index in [1.54, 1.807) is 21.0 Å². The Balaban J connectivity index is 3.78. The molecular formula is C13H27NO4. The molecule has 0 heterocycles. The van der Waals surface area contributed by atoms with Gasteiger partial charge in [-0.1, -0.05) is 0 Å². The van der Waals surface area contributed by atoms with Gasteiger partial charge in [-0.25, -0.2) is 0 Å². The summed E-state index contributed by atoms with van der Waals surface area (Å²) in [5.74, 6) is -0.271. The Morgan fingerprint density at radius 3 is 2.17 bits per heavy atom. The number of esters is 1. The fourth-order valence-corrected chi connectivity index (χ4v) is 1.01. The van der Waals surface area contributed by atoms with Crippen LogP contribution < -0.4 is 5.73 Å². The quantitative estimate of drug-likeness (QED) is 0.501. The van der Waals surface area contributed by atoms with E-state index in [0.717, 1.165) is 0 Å². The van der Waals surface area contributed by atoms with E-state index in [0.29, 0.717) is 32.8 Å². The molecule has 0 rings (SSSR count). The van der Waals surface area contributed by atoms with Gasteiger partial charge in [0.15, 0.2) is 0 Å². The van der Waals surface area contributed by atoms with E-state index < -0.39 is 11.0 Å². The highest BCUT2D eigenvalue weighted by Gasteiger charge is 2.41. The number of carbonyl (C=O) groups excluding carboxylic acids is 1. The Bertz CT molecular complexity index is 246. The van der Waals surface area contributed by atoms with Crippen LogP contribution in [0.25, 0.3) is 0 Å². The molecule has 108 valence electrons. The van der Waals surface area contributed by atoms with Gasteiger partial charge in [-0.15, -0.1) is 0 Å². The van der Waals surface area contributed by atoms with Gasteiger partial charge in [-0.3, -0.25) is 4.79 Å². The van der Waals surface area contributed by atoms with E-state index in [1.807, 2.05) is 13.8 Å². The maximum absolute atomic E-state index is 11.9. The normalized spacial score (nSPS) is 12.6. The zero-order valence-corrected chi connectivity index (χ0v) is 12.2. The predicted octanol–water partition coefficient (Wildman–Crippen LogP) is 1.35. The van der Waals surface area contributed by atoms with Crippen molar-refractivity contribution < 1.29 is 19.0 Å². The molecule has 5 nitrogen and oxygen atoms in total. The Labute approximate surface area is 110 Å². The monoisotopic (exact) mass is 261 g/mol. The minimum absolute atomic E-state index is 0.271. The first-order valence-electron chi connectivity index (χ1n) is 6.26. The van der Waals surface area contributed by atoms with Crippen molar-refractivity contribution in [1.29, 1.82) is 0 Å². The van der Waals surface area contributed by atoms with E-state index in [2.05, 4.69) is 0 Å². The second kappa shape index (κ2) is 7.71. The average molecular weight is 261 g/mol. The molecule has 0 aliphatic heterocycles. The molecule has 0 bridgehead atoms. The Morgan fingerprint density at radius 2 is 1.67 bits per heavy atom. The molecule has 2 N–H and O–H groups in total. The molecule has 0 aliphatic rings. The van der Waals surface area contributed by atoms with Crippen molar-refractivity contribution in [2.75, 3.05) is 33.5 Å². The first kappa shape index (κ1) is 17.4. The molecule has 0 aromatic heterocycles. The van der Waals surface area contributed by atoms with Gasteiger partial charge in [0.2, 0.25) is 0 Å². The third kappa shape index (κ3) is 5.80. The molecule has 0 saturated carbocycles. The van der Waals surface area contributed by atoms with Crippen molar-refractivity contribution in [3.63, 3.8) is 0 Å². The predicted molar refractivity (Wildman–Crippen MR) is 70.3 cm³/mol. The fraction of sp³-hybridized carbons (Fsp3) is 0.923. The van der Waals surface area contributed by atoms with Crippen LogP contribution >= 0.6 is 0 Å². The van der Waals surface area contributed by atoms with E-state index >= 15 is 0 Å². The standard InChI is InChI=1S/C13H27NO4/c1-12(2,13(3,4)14)11(15)18-8-6-7-17-10-9-16-5/h6-10,14H2,1-5H3. The number of methoxy groups -OCH3 is 1. The summed E-state index contributed by atoms with van der Waals surface area (Å²) in [7, 11) is 1.63. The van der Waals surface area contributed by atoms with Gasteiger partial charge in [0.1, 0.15) is 0 Å². The van der Waals surface area contributed by atoms with Crippen LogP contribution in [0.2, 0.25) is 0 Å². The molecule has 0 aromatic rings. The highest BCUT2D eigenvalue weighted by molar-refractivity contribution is 5.77. The third-order valence-electron chi connectivity index (χ3n) is 3.22. The lowest BCUT2D eigenvalue weighted by Crippen LogP contribution is -2.52. The molecule has 0 saturated heterocycles. The topological polar surface area (TPSA) is 70.8 Å². The fourth-order valence-electron chi connectivity index (χ4n) is 1.01. The van der Waals surface area contributed by atoms with Gasteiger partial charge >= 0.3 is 5.97 Å². The van der Waals surface area contributed by atoms with Gasteiger partial charge in [0.05, 0.1) is 25.2 Å². The van der Waals surface area contributed by atoms with Crippen LogP contribution in [0.3, 0.4) is 0 Å². The number of hydrogen-bond acceptors (Lipinski definition) is 5. The Hall–Kier alpha value is -0.650. The molecule has 0 spiro atoms. The first-order valence-corrected chi connectivity index (χ1v) is 6.26. The van der Waals surface area contributed by atoms with Gasteiger partial charge in [0, 0.05) is 25.7 Å². The third-order valence-corrected chi connectivity index (χ3v) is 3.22. The maximum Gasteiger partial charge on any atom is 0.313 e. The zero-order valence-electron chi connectivity index (χ0n) is 12.2. The summed E-state index contributed by atoms with van der Waals surface area (Å²) < 4.78 is 15.3. The number of nitrogens with two attached hydrogens (primary N) is 1. The first-order chi connectivity index (χ1) is 8.23. The van der Waals surface area contributed by atoms with E-state index in [4.69, 9.17) is 19.9 Å². The lowest BCUT2D eigenvalue weighted by Gasteiger charge is -2.35. The number of hydrogen-bond donors (Lipinski definition) is 1. The van der Waals surface area contributed by atoms with Gasteiger partial charge in [-0.2, -0.15) is 0 Å². The average Bonchev–Trinajstić information content (AvgIpc) is 2.26. The Morgan fingerprint density at radius 1 is 1.06 bits per heavy atom. The van der Waals surface area contributed by atoms with Crippen molar-refractivity contribution in [3.05, 3.63) is 0 Å². The molecule has 0 atom stereocenters. The van der Waals surface area contributed by atoms with E-state index in [9.17, 15) is 4.79 Å².